The summed E-state index contributed by atoms with van der Waals surface area (Å²) in [5.41, 5.74) is 5.70. The van der Waals surface area contributed by atoms with Gasteiger partial charge in [-0.2, -0.15) is 0 Å². The largest absolute Gasteiger partial charge is 0.463 e. The number of carbonyl (C=O) groups is 2. The number of nitrogens with two attached hydrogens (primary N) is 1. The molecular weight excluding hydrogens is 300 g/mol. The SMILES string of the molecule is CC(C)C[C@H](N)C(=O)NCCOC(=O)C(C)(C)Br. The molecule has 5 nitrogen and oxygen atoms in total. The molecule has 0 spiro atoms. The molecule has 0 aliphatic heterocycles. The van der Waals surface area contributed by atoms with E-state index in [9.17, 15) is 9.59 Å². The first-order valence-corrected chi connectivity index (χ1v) is 6.83. The molecule has 106 valence electrons. The number of amides is 1. The number of ether oxygens (including phenoxy) is 1. The van der Waals surface area contributed by atoms with E-state index in [0.29, 0.717) is 12.3 Å². The van der Waals surface area contributed by atoms with Crippen molar-refractivity contribution in [3.63, 3.8) is 0 Å². The van der Waals surface area contributed by atoms with Gasteiger partial charge in [0.2, 0.25) is 5.91 Å². The first-order chi connectivity index (χ1) is 8.14. The standard InChI is InChI=1S/C12H23BrN2O3/c1-8(2)7-9(14)10(16)15-5-6-18-11(17)12(3,4)13/h8-9H,5-7,14H2,1-4H3,(H,15,16)/t9-/m0/s1. The van der Waals surface area contributed by atoms with Crippen molar-refractivity contribution in [2.45, 2.75) is 44.5 Å². The lowest BCUT2D eigenvalue weighted by atomic mass is 10.0. The van der Waals surface area contributed by atoms with Crippen LogP contribution in [-0.4, -0.2) is 35.4 Å². The summed E-state index contributed by atoms with van der Waals surface area (Å²) >= 11 is 3.19. The van der Waals surface area contributed by atoms with Crippen LogP contribution in [0.1, 0.15) is 34.1 Å². The lowest BCUT2D eigenvalue weighted by Gasteiger charge is -2.16. The zero-order valence-corrected chi connectivity index (χ0v) is 13.0. The van der Waals surface area contributed by atoms with Crippen LogP contribution in [0.15, 0.2) is 0 Å². The van der Waals surface area contributed by atoms with E-state index >= 15 is 0 Å². The van der Waals surface area contributed by atoms with Crippen LogP contribution in [-0.2, 0) is 14.3 Å². The second kappa shape index (κ2) is 7.74. The highest BCUT2D eigenvalue weighted by Crippen LogP contribution is 2.17. The predicted octanol–water partition coefficient (Wildman–Crippen LogP) is 1.19. The van der Waals surface area contributed by atoms with Gasteiger partial charge in [-0.1, -0.05) is 29.8 Å². The number of nitrogens with one attached hydrogen (secondary N) is 1. The molecule has 1 amide bonds. The molecule has 0 radical (unpaired) electrons. The summed E-state index contributed by atoms with van der Waals surface area (Å²) in [4.78, 5) is 22.9. The van der Waals surface area contributed by atoms with Gasteiger partial charge < -0.3 is 15.8 Å². The molecule has 0 fully saturated rings. The second-order valence-corrected chi connectivity index (χ2v) is 7.12. The van der Waals surface area contributed by atoms with E-state index in [2.05, 4.69) is 21.2 Å². The lowest BCUT2D eigenvalue weighted by molar-refractivity contribution is -0.145. The van der Waals surface area contributed by atoms with Crippen molar-refractivity contribution in [1.82, 2.24) is 5.32 Å². The molecule has 0 saturated heterocycles. The van der Waals surface area contributed by atoms with Crippen LogP contribution in [0.5, 0.6) is 0 Å². The third-order valence-corrected chi connectivity index (χ3v) is 2.51. The molecule has 0 saturated carbocycles. The van der Waals surface area contributed by atoms with Gasteiger partial charge in [-0.25, -0.2) is 0 Å². The molecule has 0 aromatic rings. The summed E-state index contributed by atoms with van der Waals surface area (Å²) in [7, 11) is 0. The van der Waals surface area contributed by atoms with Gasteiger partial charge in [0, 0.05) is 0 Å². The fraction of sp³-hybridized carbons (Fsp3) is 0.833. The third-order valence-electron chi connectivity index (χ3n) is 2.18. The number of hydrogen-bond donors (Lipinski definition) is 2. The number of hydrogen-bond acceptors (Lipinski definition) is 4. The van der Waals surface area contributed by atoms with Gasteiger partial charge >= 0.3 is 5.97 Å². The Morgan fingerprint density at radius 2 is 1.94 bits per heavy atom. The number of carbonyl (C=O) groups excluding carboxylic acids is 2. The summed E-state index contributed by atoms with van der Waals surface area (Å²) in [5, 5.41) is 2.64. The molecule has 0 unspecified atom stereocenters. The van der Waals surface area contributed by atoms with Crippen LogP contribution in [0.2, 0.25) is 0 Å². The Morgan fingerprint density at radius 1 is 1.39 bits per heavy atom. The van der Waals surface area contributed by atoms with E-state index in [-0.39, 0.29) is 25.0 Å². The highest BCUT2D eigenvalue weighted by molar-refractivity contribution is 9.10. The van der Waals surface area contributed by atoms with E-state index < -0.39 is 10.4 Å². The summed E-state index contributed by atoms with van der Waals surface area (Å²) < 4.78 is 4.27. The van der Waals surface area contributed by atoms with Gasteiger partial charge in [0.05, 0.1) is 12.6 Å². The zero-order chi connectivity index (χ0) is 14.3. The van der Waals surface area contributed by atoms with E-state index in [1.165, 1.54) is 0 Å². The Labute approximate surface area is 117 Å². The van der Waals surface area contributed by atoms with Crippen LogP contribution in [0.4, 0.5) is 0 Å². The smallest absolute Gasteiger partial charge is 0.322 e. The molecule has 18 heavy (non-hydrogen) atoms. The Morgan fingerprint density at radius 3 is 2.39 bits per heavy atom. The zero-order valence-electron chi connectivity index (χ0n) is 11.5. The Kier molecular flexibility index (Phi) is 7.47. The van der Waals surface area contributed by atoms with E-state index in [1.54, 1.807) is 13.8 Å². The molecule has 0 rings (SSSR count). The van der Waals surface area contributed by atoms with Crippen molar-refractivity contribution in [2.75, 3.05) is 13.2 Å². The Hall–Kier alpha value is -0.620. The molecule has 0 bridgehead atoms. The number of esters is 1. The van der Waals surface area contributed by atoms with Gasteiger partial charge in [0.25, 0.3) is 0 Å². The van der Waals surface area contributed by atoms with Gasteiger partial charge in [-0.05, 0) is 26.2 Å². The maximum Gasteiger partial charge on any atom is 0.322 e. The van der Waals surface area contributed by atoms with E-state index in [1.807, 2.05) is 13.8 Å². The van der Waals surface area contributed by atoms with Crippen LogP contribution >= 0.6 is 15.9 Å². The summed E-state index contributed by atoms with van der Waals surface area (Å²) in [6.45, 7) is 7.84. The minimum atomic E-state index is -0.703. The van der Waals surface area contributed by atoms with Crippen LogP contribution in [0, 0.1) is 5.92 Å². The van der Waals surface area contributed by atoms with Crippen LogP contribution in [0.25, 0.3) is 0 Å². The molecule has 0 heterocycles. The highest BCUT2D eigenvalue weighted by Gasteiger charge is 2.25. The lowest BCUT2D eigenvalue weighted by Crippen LogP contribution is -2.43. The van der Waals surface area contributed by atoms with E-state index in [0.717, 1.165) is 0 Å². The van der Waals surface area contributed by atoms with Crippen LogP contribution < -0.4 is 11.1 Å². The maximum absolute atomic E-state index is 11.5. The number of rotatable bonds is 7. The maximum atomic E-state index is 11.5. The van der Waals surface area contributed by atoms with Gasteiger partial charge in [0.1, 0.15) is 10.9 Å². The van der Waals surface area contributed by atoms with Crippen molar-refractivity contribution in [2.24, 2.45) is 11.7 Å². The summed E-state index contributed by atoms with van der Waals surface area (Å²) in [6, 6.07) is -0.506. The quantitative estimate of drug-likeness (QED) is 0.419. The molecule has 3 N–H and O–H groups in total. The van der Waals surface area contributed by atoms with E-state index in [4.69, 9.17) is 10.5 Å². The van der Waals surface area contributed by atoms with Crippen molar-refractivity contribution < 1.29 is 14.3 Å². The Balaban J connectivity index is 3.79. The average molecular weight is 323 g/mol. The molecule has 0 aromatic carbocycles. The molecule has 0 aliphatic rings. The van der Waals surface area contributed by atoms with Crippen molar-refractivity contribution in [1.29, 1.82) is 0 Å². The first-order valence-electron chi connectivity index (χ1n) is 6.04. The normalized spacial score (nSPS) is 13.3. The first kappa shape index (κ1) is 17.4. The molecule has 6 heteroatoms. The van der Waals surface area contributed by atoms with Gasteiger partial charge in [-0.3, -0.25) is 9.59 Å². The Bertz CT molecular complexity index is 288. The second-order valence-electron chi connectivity index (χ2n) is 5.14. The monoisotopic (exact) mass is 322 g/mol. The fourth-order valence-corrected chi connectivity index (χ4v) is 1.35. The topological polar surface area (TPSA) is 81.4 Å². The predicted molar refractivity (Wildman–Crippen MR) is 74.4 cm³/mol. The minimum absolute atomic E-state index is 0.147. The molecule has 0 aromatic heterocycles. The molecule has 1 atom stereocenters. The highest BCUT2D eigenvalue weighted by atomic mass is 79.9. The average Bonchev–Trinajstić information content (AvgIpc) is 2.21. The molecular formula is C12H23BrN2O3. The fourth-order valence-electron chi connectivity index (χ4n) is 1.24. The summed E-state index contributed by atoms with van der Waals surface area (Å²) in [5.74, 6) is -0.196. The van der Waals surface area contributed by atoms with Crippen molar-refractivity contribution in [3.8, 4) is 0 Å². The molecule has 0 aliphatic carbocycles. The van der Waals surface area contributed by atoms with Gasteiger partial charge in [-0.15, -0.1) is 0 Å². The van der Waals surface area contributed by atoms with Crippen LogP contribution in [0.3, 0.4) is 0 Å². The van der Waals surface area contributed by atoms with Crippen molar-refractivity contribution >= 4 is 27.8 Å². The summed E-state index contributed by atoms with van der Waals surface area (Å²) in [6.07, 6.45) is 0.639. The number of alkyl halides is 1. The van der Waals surface area contributed by atoms with Gasteiger partial charge in [0.15, 0.2) is 0 Å². The third kappa shape index (κ3) is 7.66. The number of halogens is 1. The van der Waals surface area contributed by atoms with Crippen molar-refractivity contribution in [3.05, 3.63) is 0 Å². The minimum Gasteiger partial charge on any atom is -0.463 e.